The molecule has 0 spiro atoms. The Morgan fingerprint density at radius 3 is 2.63 bits per heavy atom. The minimum absolute atomic E-state index is 0.0278. The van der Waals surface area contributed by atoms with Gasteiger partial charge >= 0.3 is 12.2 Å². The fourth-order valence-corrected chi connectivity index (χ4v) is 4.64. The lowest BCUT2D eigenvalue weighted by Crippen LogP contribution is -2.37. The van der Waals surface area contributed by atoms with Crippen LogP contribution in [0.4, 0.5) is 14.6 Å². The summed E-state index contributed by atoms with van der Waals surface area (Å²) in [5.74, 6) is 6.14. The molecular formula is C20H19F2N7O5S. The van der Waals surface area contributed by atoms with Crippen LogP contribution >= 0.6 is 0 Å². The Bertz CT molecular complexity index is 1590. The lowest BCUT2D eigenvalue weighted by Gasteiger charge is -2.21. The van der Waals surface area contributed by atoms with Crippen molar-refractivity contribution in [1.82, 2.24) is 18.7 Å². The van der Waals surface area contributed by atoms with Gasteiger partial charge in [0.2, 0.25) is 5.78 Å². The highest BCUT2D eigenvalue weighted by molar-refractivity contribution is 7.86. The van der Waals surface area contributed by atoms with Gasteiger partial charge in [0.05, 0.1) is 24.3 Å². The zero-order valence-electron chi connectivity index (χ0n) is 18.2. The topological polar surface area (TPSA) is 142 Å². The number of benzene rings is 1. The first-order chi connectivity index (χ1) is 16.7. The summed E-state index contributed by atoms with van der Waals surface area (Å²) in [6, 6.07) is 9.17. The van der Waals surface area contributed by atoms with Crippen molar-refractivity contribution in [3.05, 3.63) is 70.2 Å². The lowest BCUT2D eigenvalue weighted by atomic mass is 10.2. The summed E-state index contributed by atoms with van der Waals surface area (Å²) in [5, 5.41) is 1.14. The SMILES string of the molecule is Cc1ccc(S(=O)(=O)OCCn2c(=O)n(C(F)F)n3c4c(nc23)N(N)CN=C4c2ccco2)cc1. The predicted molar refractivity (Wildman–Crippen MR) is 119 cm³/mol. The van der Waals surface area contributed by atoms with Crippen LogP contribution in [-0.2, 0) is 20.8 Å². The van der Waals surface area contributed by atoms with E-state index in [4.69, 9.17) is 14.4 Å². The third-order valence-electron chi connectivity index (χ3n) is 5.38. The number of alkyl halides is 2. The second-order valence-electron chi connectivity index (χ2n) is 7.64. The van der Waals surface area contributed by atoms with Crippen LogP contribution in [0.15, 0.2) is 61.8 Å². The molecule has 3 aromatic heterocycles. The van der Waals surface area contributed by atoms with Crippen molar-refractivity contribution in [2.24, 2.45) is 10.8 Å². The lowest BCUT2D eigenvalue weighted by molar-refractivity contribution is 0.0473. The van der Waals surface area contributed by atoms with Crippen LogP contribution in [-0.4, -0.2) is 46.2 Å². The van der Waals surface area contributed by atoms with Crippen LogP contribution in [0.3, 0.4) is 0 Å². The molecule has 1 aliphatic rings. The second kappa shape index (κ2) is 8.44. The van der Waals surface area contributed by atoms with Crippen molar-refractivity contribution in [1.29, 1.82) is 0 Å². The highest BCUT2D eigenvalue weighted by Crippen LogP contribution is 2.28. The molecular weight excluding hydrogens is 488 g/mol. The van der Waals surface area contributed by atoms with E-state index in [0.717, 1.165) is 19.7 Å². The fraction of sp³-hybridized carbons (Fsp3) is 0.250. The van der Waals surface area contributed by atoms with E-state index >= 15 is 0 Å². The number of fused-ring (bicyclic) bond motifs is 3. The Balaban J connectivity index is 1.54. The van der Waals surface area contributed by atoms with Gasteiger partial charge in [0.1, 0.15) is 18.1 Å². The minimum Gasteiger partial charge on any atom is -0.463 e. The van der Waals surface area contributed by atoms with Crippen molar-refractivity contribution in [3.8, 4) is 0 Å². The van der Waals surface area contributed by atoms with Crippen LogP contribution in [0.5, 0.6) is 0 Å². The number of hydrogen-bond donors (Lipinski definition) is 1. The Morgan fingerprint density at radius 2 is 1.97 bits per heavy atom. The summed E-state index contributed by atoms with van der Waals surface area (Å²) in [6.07, 6.45) is 1.39. The summed E-state index contributed by atoms with van der Waals surface area (Å²) in [5.41, 5.74) is -0.0347. The fourth-order valence-electron chi connectivity index (χ4n) is 3.74. The molecule has 0 bridgehead atoms. The van der Waals surface area contributed by atoms with E-state index in [1.165, 1.54) is 18.4 Å². The van der Waals surface area contributed by atoms with Gasteiger partial charge in [-0.2, -0.15) is 26.9 Å². The Kier molecular flexibility index (Phi) is 5.53. The Morgan fingerprint density at radius 1 is 1.23 bits per heavy atom. The first-order valence-corrected chi connectivity index (χ1v) is 11.7. The molecule has 0 amide bonds. The Labute approximate surface area is 196 Å². The Hall–Kier alpha value is -3.82. The molecule has 184 valence electrons. The highest BCUT2D eigenvalue weighted by Gasteiger charge is 2.33. The number of hydrazine groups is 1. The molecule has 4 aromatic rings. The van der Waals surface area contributed by atoms with E-state index in [2.05, 4.69) is 9.98 Å². The number of halogens is 2. The number of hydrogen-bond acceptors (Lipinski definition) is 9. The van der Waals surface area contributed by atoms with Crippen LogP contribution in [0.25, 0.3) is 5.78 Å². The third kappa shape index (κ3) is 3.82. The van der Waals surface area contributed by atoms with Crippen molar-refractivity contribution >= 4 is 27.4 Å². The molecule has 1 aliphatic heterocycles. The molecule has 0 aliphatic carbocycles. The van der Waals surface area contributed by atoms with Gasteiger partial charge in [0, 0.05) is 0 Å². The summed E-state index contributed by atoms with van der Waals surface area (Å²) in [7, 11) is -4.13. The number of aromatic nitrogens is 4. The molecule has 0 saturated heterocycles. The molecule has 0 radical (unpaired) electrons. The van der Waals surface area contributed by atoms with Crippen LogP contribution in [0.1, 0.15) is 23.6 Å². The van der Waals surface area contributed by atoms with E-state index in [1.807, 2.05) is 0 Å². The number of anilines is 1. The molecule has 0 fully saturated rings. The average Bonchev–Trinajstić information content (AvgIpc) is 3.52. The highest BCUT2D eigenvalue weighted by atomic mass is 32.2. The van der Waals surface area contributed by atoms with E-state index in [1.54, 1.807) is 31.2 Å². The average molecular weight is 507 g/mol. The van der Waals surface area contributed by atoms with Gasteiger partial charge in [-0.3, -0.25) is 18.8 Å². The van der Waals surface area contributed by atoms with Gasteiger partial charge in [-0.05, 0) is 31.2 Å². The van der Waals surface area contributed by atoms with Gasteiger partial charge in [-0.15, -0.1) is 0 Å². The van der Waals surface area contributed by atoms with Gasteiger partial charge in [0.25, 0.3) is 10.1 Å². The van der Waals surface area contributed by atoms with Crippen molar-refractivity contribution < 1.29 is 25.8 Å². The molecule has 1 aromatic carbocycles. The maximum absolute atomic E-state index is 14.0. The molecule has 35 heavy (non-hydrogen) atoms. The van der Waals surface area contributed by atoms with Gasteiger partial charge in [-0.25, -0.2) is 15.2 Å². The molecule has 0 unspecified atom stereocenters. The van der Waals surface area contributed by atoms with E-state index < -0.39 is 29.0 Å². The first kappa shape index (κ1) is 22.9. The summed E-state index contributed by atoms with van der Waals surface area (Å²) < 4.78 is 65.4. The summed E-state index contributed by atoms with van der Waals surface area (Å²) >= 11 is 0. The maximum Gasteiger partial charge on any atom is 0.351 e. The van der Waals surface area contributed by atoms with Crippen molar-refractivity contribution in [2.75, 3.05) is 18.3 Å². The monoisotopic (exact) mass is 507 g/mol. The zero-order chi connectivity index (χ0) is 24.9. The zero-order valence-corrected chi connectivity index (χ0v) is 19.0. The van der Waals surface area contributed by atoms with Gasteiger partial charge < -0.3 is 4.42 Å². The predicted octanol–water partition coefficient (Wildman–Crippen LogP) is 1.49. The third-order valence-corrected chi connectivity index (χ3v) is 6.71. The molecule has 0 saturated carbocycles. The quantitative estimate of drug-likeness (QED) is 0.293. The van der Waals surface area contributed by atoms with Crippen molar-refractivity contribution in [2.45, 2.75) is 24.9 Å². The number of rotatable bonds is 7. The number of aliphatic imine (C=N–C) groups is 1. The van der Waals surface area contributed by atoms with Crippen LogP contribution in [0.2, 0.25) is 0 Å². The molecule has 15 heteroatoms. The number of aryl methyl sites for hydroxylation is 1. The largest absolute Gasteiger partial charge is 0.463 e. The first-order valence-electron chi connectivity index (χ1n) is 10.3. The molecule has 5 rings (SSSR count). The number of nitrogens with zero attached hydrogens (tertiary/aromatic N) is 6. The van der Waals surface area contributed by atoms with Crippen molar-refractivity contribution in [3.63, 3.8) is 0 Å². The molecule has 4 heterocycles. The normalized spacial score (nSPS) is 14.1. The smallest absolute Gasteiger partial charge is 0.351 e. The maximum atomic E-state index is 14.0. The molecule has 0 atom stereocenters. The van der Waals surface area contributed by atoms with Gasteiger partial charge in [0.15, 0.2) is 11.6 Å². The van der Waals surface area contributed by atoms with Crippen LogP contribution < -0.4 is 16.5 Å². The number of furan rings is 1. The number of nitrogens with two attached hydrogens (primary N) is 1. The standard InChI is InChI=1S/C20H19F2N7O5S/c1-12-4-6-13(7-5-12)35(31,32)34-10-8-26-19-25-17-16(28(19)29(18(21)22)20(26)30)15(24-11-27(17)23)14-3-2-9-33-14/h2-7,9,18H,8,10-11,23H2,1H3. The van der Waals surface area contributed by atoms with Gasteiger partial charge in [-0.1, -0.05) is 17.7 Å². The molecule has 12 nitrogen and oxygen atoms in total. The van der Waals surface area contributed by atoms with Crippen LogP contribution in [0, 0.1) is 6.92 Å². The number of imidazole rings is 1. The molecule has 2 N–H and O–H groups in total. The van der Waals surface area contributed by atoms with E-state index in [0.29, 0.717) is 0 Å². The second-order valence-corrected chi connectivity index (χ2v) is 9.25. The van der Waals surface area contributed by atoms with E-state index in [9.17, 15) is 22.0 Å². The minimum atomic E-state index is -4.13. The summed E-state index contributed by atoms with van der Waals surface area (Å²) in [4.78, 5) is 21.4. The van der Waals surface area contributed by atoms with E-state index in [-0.39, 0.29) is 51.6 Å². The summed E-state index contributed by atoms with van der Waals surface area (Å²) in [6.45, 7) is -2.34.